The van der Waals surface area contributed by atoms with Gasteiger partial charge in [-0.15, -0.1) is 0 Å². The zero-order valence-electron chi connectivity index (χ0n) is 8.57. The summed E-state index contributed by atoms with van der Waals surface area (Å²) in [5, 5.41) is 17.1. The van der Waals surface area contributed by atoms with Gasteiger partial charge >= 0.3 is 0 Å². The number of nitrogens with zero attached hydrogens (tertiary/aromatic N) is 3. The second kappa shape index (κ2) is 3.84. The highest BCUT2D eigenvalue weighted by atomic mass is 35.5. The van der Waals surface area contributed by atoms with Gasteiger partial charge in [0.25, 0.3) is 0 Å². The smallest absolute Gasteiger partial charge is 0.129 e. The van der Waals surface area contributed by atoms with Gasteiger partial charge in [-0.2, -0.15) is 10.4 Å². The summed E-state index contributed by atoms with van der Waals surface area (Å²) in [6, 6.07) is 2.37. The van der Waals surface area contributed by atoms with Gasteiger partial charge in [-0.05, 0) is 25.8 Å². The van der Waals surface area contributed by atoms with Crippen LogP contribution in [-0.4, -0.2) is 22.4 Å². The fourth-order valence-corrected chi connectivity index (χ4v) is 2.01. The summed E-state index contributed by atoms with van der Waals surface area (Å²) in [4.78, 5) is 0. The Morgan fingerprint density at radius 1 is 1.80 bits per heavy atom. The van der Waals surface area contributed by atoms with Crippen LogP contribution in [0.1, 0.15) is 12.8 Å². The summed E-state index contributed by atoms with van der Waals surface area (Å²) in [7, 11) is 1.83. The van der Waals surface area contributed by atoms with Crippen molar-refractivity contribution in [3.8, 4) is 6.07 Å². The van der Waals surface area contributed by atoms with Gasteiger partial charge in [0.15, 0.2) is 0 Å². The number of likely N-dealkylation sites (N-methyl/N-ethyl adjacent to an activating group) is 1. The molecule has 0 bridgehead atoms. The number of halogens is 1. The van der Waals surface area contributed by atoms with Crippen molar-refractivity contribution >= 4 is 11.6 Å². The molecular weight excluding hydrogens is 212 g/mol. The van der Waals surface area contributed by atoms with Gasteiger partial charge in [0, 0.05) is 6.20 Å². The van der Waals surface area contributed by atoms with Crippen LogP contribution in [0.15, 0.2) is 12.4 Å². The van der Waals surface area contributed by atoms with E-state index in [1.807, 2.05) is 7.05 Å². The molecule has 0 aromatic carbocycles. The molecule has 2 rings (SSSR count). The summed E-state index contributed by atoms with van der Waals surface area (Å²) in [6.07, 6.45) is 5.56. The molecule has 1 aliphatic carbocycles. The average Bonchev–Trinajstić information content (AvgIpc) is 3.01. The number of nitriles is 1. The Morgan fingerprint density at radius 2 is 2.53 bits per heavy atom. The molecule has 0 amide bonds. The number of nitrogens with one attached hydrogen (secondary N) is 1. The van der Waals surface area contributed by atoms with Crippen LogP contribution in [0.4, 0.5) is 0 Å². The molecular formula is C10H13ClN4. The number of hydrogen-bond donors (Lipinski definition) is 1. The van der Waals surface area contributed by atoms with E-state index in [9.17, 15) is 5.26 Å². The van der Waals surface area contributed by atoms with Crippen molar-refractivity contribution < 1.29 is 0 Å². The lowest BCUT2D eigenvalue weighted by Gasteiger charge is -2.25. The second-order valence-corrected chi connectivity index (χ2v) is 4.40. The van der Waals surface area contributed by atoms with Gasteiger partial charge in [0.2, 0.25) is 0 Å². The van der Waals surface area contributed by atoms with Crippen molar-refractivity contribution in [3.63, 3.8) is 0 Å². The van der Waals surface area contributed by atoms with Crippen LogP contribution in [0.2, 0.25) is 5.02 Å². The van der Waals surface area contributed by atoms with Crippen LogP contribution >= 0.6 is 11.6 Å². The lowest BCUT2D eigenvalue weighted by atomic mass is 9.95. The normalized spacial score (nSPS) is 19.5. The Bertz CT molecular complexity index is 390. The Morgan fingerprint density at radius 3 is 2.93 bits per heavy atom. The Balaban J connectivity index is 2.17. The van der Waals surface area contributed by atoms with E-state index in [1.54, 1.807) is 17.1 Å². The first-order valence-corrected chi connectivity index (χ1v) is 5.36. The molecule has 1 unspecified atom stereocenters. The third kappa shape index (κ3) is 1.99. The average molecular weight is 225 g/mol. The van der Waals surface area contributed by atoms with Crippen molar-refractivity contribution in [1.29, 1.82) is 5.26 Å². The fourth-order valence-electron chi connectivity index (χ4n) is 1.85. The minimum absolute atomic E-state index is 0.440. The van der Waals surface area contributed by atoms with Crippen LogP contribution in [0, 0.1) is 17.2 Å². The summed E-state index contributed by atoms with van der Waals surface area (Å²) >= 11 is 5.78. The maximum atomic E-state index is 9.27. The molecule has 1 aliphatic rings. The quantitative estimate of drug-likeness (QED) is 0.842. The molecule has 0 aliphatic heterocycles. The first-order chi connectivity index (χ1) is 7.20. The third-order valence-electron chi connectivity index (χ3n) is 2.93. The zero-order chi connectivity index (χ0) is 10.9. The molecule has 1 saturated carbocycles. The lowest BCUT2D eigenvalue weighted by Crippen LogP contribution is -2.47. The Kier molecular flexibility index (Phi) is 2.68. The van der Waals surface area contributed by atoms with E-state index in [0.717, 1.165) is 12.8 Å². The van der Waals surface area contributed by atoms with Gasteiger partial charge in [-0.25, -0.2) is 0 Å². The SMILES string of the molecule is CNC(C#N)(Cn1cc(Cl)cn1)C1CC1. The zero-order valence-corrected chi connectivity index (χ0v) is 9.33. The Hall–Kier alpha value is -1.05. The van der Waals surface area contributed by atoms with E-state index in [2.05, 4.69) is 16.5 Å². The number of rotatable bonds is 4. The number of aromatic nitrogens is 2. The summed E-state index contributed by atoms with van der Waals surface area (Å²) in [5.41, 5.74) is -0.491. The van der Waals surface area contributed by atoms with Crippen molar-refractivity contribution in [2.24, 2.45) is 5.92 Å². The van der Waals surface area contributed by atoms with E-state index >= 15 is 0 Å². The predicted molar refractivity (Wildman–Crippen MR) is 57.4 cm³/mol. The lowest BCUT2D eigenvalue weighted by molar-refractivity contribution is 0.326. The minimum atomic E-state index is -0.491. The summed E-state index contributed by atoms with van der Waals surface area (Å²) in [5.74, 6) is 0.440. The van der Waals surface area contributed by atoms with Crippen molar-refractivity contribution in [3.05, 3.63) is 17.4 Å². The first-order valence-electron chi connectivity index (χ1n) is 4.98. The molecule has 4 nitrogen and oxygen atoms in total. The molecule has 15 heavy (non-hydrogen) atoms. The molecule has 1 aromatic rings. The second-order valence-electron chi connectivity index (χ2n) is 3.96. The van der Waals surface area contributed by atoms with E-state index in [0.29, 0.717) is 17.5 Å². The van der Waals surface area contributed by atoms with Crippen LogP contribution in [0.5, 0.6) is 0 Å². The molecule has 0 spiro atoms. The van der Waals surface area contributed by atoms with E-state index in [4.69, 9.17) is 11.6 Å². The monoisotopic (exact) mass is 224 g/mol. The topological polar surface area (TPSA) is 53.6 Å². The number of hydrogen-bond acceptors (Lipinski definition) is 3. The van der Waals surface area contributed by atoms with Gasteiger partial charge in [0.1, 0.15) is 5.54 Å². The maximum Gasteiger partial charge on any atom is 0.129 e. The highest BCUT2D eigenvalue weighted by molar-refractivity contribution is 6.30. The maximum absolute atomic E-state index is 9.27. The van der Waals surface area contributed by atoms with Crippen molar-refractivity contribution in [2.75, 3.05) is 7.05 Å². The standard InChI is InChI=1S/C10H13ClN4/c1-13-10(6-12,8-2-3-8)7-15-5-9(11)4-14-15/h4-5,8,13H,2-3,7H2,1H3. The van der Waals surface area contributed by atoms with Crippen molar-refractivity contribution in [1.82, 2.24) is 15.1 Å². The molecule has 1 aromatic heterocycles. The predicted octanol–water partition coefficient (Wildman–Crippen LogP) is 1.43. The molecule has 1 heterocycles. The van der Waals surface area contributed by atoms with Crippen LogP contribution in [-0.2, 0) is 6.54 Å². The minimum Gasteiger partial charge on any atom is -0.301 e. The van der Waals surface area contributed by atoms with Gasteiger partial charge in [-0.3, -0.25) is 4.68 Å². The van der Waals surface area contributed by atoms with E-state index < -0.39 is 5.54 Å². The van der Waals surface area contributed by atoms with Crippen LogP contribution in [0.25, 0.3) is 0 Å². The molecule has 1 atom stereocenters. The highest BCUT2D eigenvalue weighted by Crippen LogP contribution is 2.40. The summed E-state index contributed by atoms with van der Waals surface area (Å²) < 4.78 is 1.72. The van der Waals surface area contributed by atoms with Crippen molar-refractivity contribution in [2.45, 2.75) is 24.9 Å². The van der Waals surface area contributed by atoms with E-state index in [-0.39, 0.29) is 0 Å². The molecule has 0 saturated heterocycles. The van der Waals surface area contributed by atoms with Crippen LogP contribution in [0.3, 0.4) is 0 Å². The molecule has 1 fully saturated rings. The molecule has 5 heteroatoms. The van der Waals surface area contributed by atoms with Gasteiger partial charge < -0.3 is 5.32 Å². The fraction of sp³-hybridized carbons (Fsp3) is 0.600. The highest BCUT2D eigenvalue weighted by Gasteiger charge is 2.45. The van der Waals surface area contributed by atoms with Gasteiger partial charge in [0.05, 0.1) is 23.8 Å². The molecule has 0 radical (unpaired) electrons. The first kappa shape index (κ1) is 10.5. The molecule has 1 N–H and O–H groups in total. The molecule has 80 valence electrons. The van der Waals surface area contributed by atoms with Crippen LogP contribution < -0.4 is 5.32 Å². The third-order valence-corrected chi connectivity index (χ3v) is 3.13. The van der Waals surface area contributed by atoms with Gasteiger partial charge in [-0.1, -0.05) is 11.6 Å². The Labute approximate surface area is 93.8 Å². The largest absolute Gasteiger partial charge is 0.301 e. The summed E-state index contributed by atoms with van der Waals surface area (Å²) in [6.45, 7) is 0.553. The van der Waals surface area contributed by atoms with E-state index in [1.165, 1.54) is 0 Å².